The molecular formula is C24H20FN5O. The predicted octanol–water partition coefficient (Wildman–Crippen LogP) is 4.01. The van der Waals surface area contributed by atoms with Gasteiger partial charge in [-0.2, -0.15) is 5.26 Å². The molecular weight excluding hydrogens is 393 g/mol. The lowest BCUT2D eigenvalue weighted by Crippen LogP contribution is -2.35. The number of pyridine rings is 1. The SMILES string of the molecule is CC1[C@H]2C(CN1C#N)N2C(=O)c1ccc(-c2cnccc2Nc2ccc(F)cc2)cc1. The fourth-order valence-corrected chi connectivity index (χ4v) is 4.38. The summed E-state index contributed by atoms with van der Waals surface area (Å²) in [5.41, 5.74) is 4.05. The Kier molecular flexibility index (Phi) is 4.55. The van der Waals surface area contributed by atoms with Crippen molar-refractivity contribution in [2.75, 3.05) is 11.9 Å². The maximum absolute atomic E-state index is 13.2. The van der Waals surface area contributed by atoms with Crippen LogP contribution in [0.25, 0.3) is 11.1 Å². The molecule has 7 heteroatoms. The number of amides is 1. The molecule has 2 aromatic carbocycles. The molecule has 2 fully saturated rings. The molecule has 1 aromatic heterocycles. The summed E-state index contributed by atoms with van der Waals surface area (Å²) in [5.74, 6) is -0.284. The van der Waals surface area contributed by atoms with Crippen molar-refractivity contribution in [3.8, 4) is 17.3 Å². The lowest BCUT2D eigenvalue weighted by Gasteiger charge is -2.21. The second-order valence-electron chi connectivity index (χ2n) is 7.89. The minimum atomic E-state index is -0.286. The van der Waals surface area contributed by atoms with E-state index in [1.54, 1.807) is 29.4 Å². The number of carbonyl (C=O) groups excluding carboxylic acids is 1. The van der Waals surface area contributed by atoms with Crippen molar-refractivity contribution in [2.24, 2.45) is 0 Å². The number of fused-ring (bicyclic) bond motifs is 1. The Labute approximate surface area is 179 Å². The first kappa shape index (κ1) is 19.1. The van der Waals surface area contributed by atoms with Crippen molar-refractivity contribution in [1.82, 2.24) is 14.8 Å². The van der Waals surface area contributed by atoms with Gasteiger partial charge in [-0.05, 0) is 55.0 Å². The molecule has 2 aliphatic heterocycles. The van der Waals surface area contributed by atoms with Crippen LogP contribution in [0.15, 0.2) is 67.0 Å². The first-order chi connectivity index (χ1) is 15.1. The topological polar surface area (TPSA) is 72.0 Å². The molecule has 5 rings (SSSR count). The van der Waals surface area contributed by atoms with Crippen molar-refractivity contribution in [3.05, 3.63) is 78.4 Å². The van der Waals surface area contributed by atoms with Gasteiger partial charge in [0.25, 0.3) is 5.91 Å². The van der Waals surface area contributed by atoms with Gasteiger partial charge in [0.15, 0.2) is 6.19 Å². The van der Waals surface area contributed by atoms with Gasteiger partial charge in [-0.3, -0.25) is 9.78 Å². The van der Waals surface area contributed by atoms with Crippen LogP contribution in [0.1, 0.15) is 17.3 Å². The Morgan fingerprint density at radius 2 is 1.90 bits per heavy atom. The predicted molar refractivity (Wildman–Crippen MR) is 115 cm³/mol. The van der Waals surface area contributed by atoms with Gasteiger partial charge in [-0.1, -0.05) is 12.1 Å². The number of rotatable bonds is 4. The molecule has 1 N–H and O–H groups in total. The zero-order chi connectivity index (χ0) is 21.5. The van der Waals surface area contributed by atoms with Gasteiger partial charge in [0, 0.05) is 34.9 Å². The second-order valence-corrected chi connectivity index (χ2v) is 7.89. The smallest absolute Gasteiger partial charge is 0.254 e. The van der Waals surface area contributed by atoms with Gasteiger partial charge in [-0.25, -0.2) is 4.39 Å². The molecule has 0 aliphatic carbocycles. The van der Waals surface area contributed by atoms with E-state index in [4.69, 9.17) is 5.26 Å². The van der Waals surface area contributed by atoms with E-state index in [0.717, 1.165) is 22.5 Å². The van der Waals surface area contributed by atoms with Gasteiger partial charge in [-0.15, -0.1) is 0 Å². The molecule has 0 bridgehead atoms. The fourth-order valence-electron chi connectivity index (χ4n) is 4.38. The molecule has 3 heterocycles. The number of nitrogens with zero attached hydrogens (tertiary/aromatic N) is 4. The number of aromatic nitrogens is 1. The highest BCUT2D eigenvalue weighted by atomic mass is 19.1. The number of anilines is 2. The van der Waals surface area contributed by atoms with E-state index >= 15 is 0 Å². The van der Waals surface area contributed by atoms with Crippen LogP contribution in [0, 0.1) is 17.3 Å². The molecule has 3 aromatic rings. The molecule has 0 spiro atoms. The Morgan fingerprint density at radius 1 is 1.16 bits per heavy atom. The average Bonchev–Trinajstić information content (AvgIpc) is 3.42. The Morgan fingerprint density at radius 3 is 2.55 bits per heavy atom. The average molecular weight is 413 g/mol. The Balaban J connectivity index is 1.34. The molecule has 1 amide bonds. The number of likely N-dealkylation sites (tertiary alicyclic amines) is 1. The number of hydrogen-bond donors (Lipinski definition) is 1. The lowest BCUT2D eigenvalue weighted by atomic mass is 10.0. The summed E-state index contributed by atoms with van der Waals surface area (Å²) in [6.45, 7) is 2.60. The lowest BCUT2D eigenvalue weighted by molar-refractivity contribution is 0.0832. The third-order valence-electron chi connectivity index (χ3n) is 6.10. The van der Waals surface area contributed by atoms with Crippen molar-refractivity contribution < 1.29 is 9.18 Å². The largest absolute Gasteiger partial charge is 0.355 e. The summed E-state index contributed by atoms with van der Waals surface area (Å²) in [6, 6.07) is 15.8. The van der Waals surface area contributed by atoms with Crippen LogP contribution in [-0.4, -0.2) is 45.4 Å². The molecule has 154 valence electrons. The van der Waals surface area contributed by atoms with E-state index in [1.165, 1.54) is 12.1 Å². The normalized spacial score (nSPS) is 21.4. The monoisotopic (exact) mass is 413 g/mol. The fraction of sp³-hybridized carbons (Fsp3) is 0.208. The second kappa shape index (κ2) is 7.40. The van der Waals surface area contributed by atoms with Crippen LogP contribution < -0.4 is 5.32 Å². The molecule has 2 saturated heterocycles. The van der Waals surface area contributed by atoms with Gasteiger partial charge in [0.1, 0.15) is 5.82 Å². The number of hydrogen-bond acceptors (Lipinski definition) is 5. The minimum Gasteiger partial charge on any atom is -0.355 e. The van der Waals surface area contributed by atoms with Crippen LogP contribution in [0.4, 0.5) is 15.8 Å². The number of carbonyl (C=O) groups is 1. The number of nitrogens with one attached hydrogen (secondary N) is 1. The number of halogens is 1. The first-order valence-electron chi connectivity index (χ1n) is 10.1. The molecule has 3 atom stereocenters. The van der Waals surface area contributed by atoms with E-state index < -0.39 is 0 Å². The quantitative estimate of drug-likeness (QED) is 0.517. The van der Waals surface area contributed by atoms with Crippen LogP contribution in [0.5, 0.6) is 0 Å². The summed E-state index contributed by atoms with van der Waals surface area (Å²) in [6.07, 6.45) is 5.64. The summed E-state index contributed by atoms with van der Waals surface area (Å²) < 4.78 is 13.2. The van der Waals surface area contributed by atoms with Crippen molar-refractivity contribution in [1.29, 1.82) is 5.26 Å². The maximum atomic E-state index is 13.2. The minimum absolute atomic E-state index is 0.00170. The molecule has 0 radical (unpaired) electrons. The molecule has 6 nitrogen and oxygen atoms in total. The summed E-state index contributed by atoms with van der Waals surface area (Å²) >= 11 is 0. The zero-order valence-corrected chi connectivity index (χ0v) is 16.9. The zero-order valence-electron chi connectivity index (χ0n) is 16.9. The van der Waals surface area contributed by atoms with Crippen LogP contribution in [0.3, 0.4) is 0 Å². The van der Waals surface area contributed by atoms with E-state index in [9.17, 15) is 9.18 Å². The third kappa shape index (κ3) is 3.36. The summed E-state index contributed by atoms with van der Waals surface area (Å²) in [7, 11) is 0. The molecule has 2 aliphatic rings. The van der Waals surface area contributed by atoms with Gasteiger partial charge >= 0.3 is 0 Å². The van der Waals surface area contributed by atoms with Gasteiger partial charge in [0.2, 0.25) is 0 Å². The van der Waals surface area contributed by atoms with E-state index in [0.29, 0.717) is 12.1 Å². The van der Waals surface area contributed by atoms with Crippen LogP contribution in [0.2, 0.25) is 0 Å². The maximum Gasteiger partial charge on any atom is 0.254 e. The molecule has 31 heavy (non-hydrogen) atoms. The van der Waals surface area contributed by atoms with Crippen LogP contribution >= 0.6 is 0 Å². The van der Waals surface area contributed by atoms with E-state index in [2.05, 4.69) is 16.5 Å². The summed E-state index contributed by atoms with van der Waals surface area (Å²) in [4.78, 5) is 20.8. The highest BCUT2D eigenvalue weighted by Crippen LogP contribution is 2.41. The van der Waals surface area contributed by atoms with Gasteiger partial charge < -0.3 is 15.1 Å². The van der Waals surface area contributed by atoms with Crippen LogP contribution in [-0.2, 0) is 0 Å². The molecule has 2 unspecified atom stereocenters. The highest BCUT2D eigenvalue weighted by molar-refractivity contribution is 5.97. The van der Waals surface area contributed by atoms with Crippen molar-refractivity contribution in [2.45, 2.75) is 25.0 Å². The Bertz CT molecular complexity index is 1170. The van der Waals surface area contributed by atoms with E-state index in [-0.39, 0.29) is 29.8 Å². The third-order valence-corrected chi connectivity index (χ3v) is 6.10. The summed E-state index contributed by atoms with van der Waals surface area (Å²) in [5, 5.41) is 12.4. The number of nitriles is 1. The Hall–Kier alpha value is -3.92. The van der Waals surface area contributed by atoms with Crippen molar-refractivity contribution >= 4 is 17.3 Å². The highest BCUT2D eigenvalue weighted by Gasteiger charge is 2.60. The molecule has 0 saturated carbocycles. The number of benzene rings is 2. The first-order valence-corrected chi connectivity index (χ1v) is 10.1. The van der Waals surface area contributed by atoms with Gasteiger partial charge in [0.05, 0.1) is 24.7 Å². The number of piperazine rings is 1. The van der Waals surface area contributed by atoms with E-state index in [1.807, 2.05) is 42.2 Å². The standard InChI is InChI=1S/C24H20FN5O/c1-15-23-22(13-29(15)14-26)30(23)24(31)17-4-2-16(3-5-17)20-12-27-11-10-21(20)28-19-8-6-18(25)7-9-19/h2-12,15,22-23H,13H2,1H3,(H,27,28)/t15?,22?,23-,30?/m0/s1. The van der Waals surface area contributed by atoms with Crippen molar-refractivity contribution in [3.63, 3.8) is 0 Å².